The SMILES string of the molecule is c1cc(-c2nncn2C2CCNC2)ccn1. The van der Waals surface area contributed by atoms with Crippen LogP contribution in [-0.4, -0.2) is 32.8 Å². The lowest BCUT2D eigenvalue weighted by Crippen LogP contribution is -2.13. The minimum atomic E-state index is 0.471. The second kappa shape index (κ2) is 4.02. The van der Waals surface area contributed by atoms with E-state index in [0.29, 0.717) is 6.04 Å². The van der Waals surface area contributed by atoms with Crippen LogP contribution in [0.2, 0.25) is 0 Å². The Morgan fingerprint density at radius 3 is 2.94 bits per heavy atom. The molecule has 0 bridgehead atoms. The topological polar surface area (TPSA) is 55.6 Å². The maximum atomic E-state index is 4.19. The van der Waals surface area contributed by atoms with E-state index >= 15 is 0 Å². The van der Waals surface area contributed by atoms with Crippen LogP contribution in [0.3, 0.4) is 0 Å². The van der Waals surface area contributed by atoms with Gasteiger partial charge in [0.2, 0.25) is 0 Å². The molecule has 2 aromatic rings. The van der Waals surface area contributed by atoms with Crippen LogP contribution in [0.15, 0.2) is 30.9 Å². The fourth-order valence-electron chi connectivity index (χ4n) is 2.09. The number of pyridine rings is 1. The van der Waals surface area contributed by atoms with Crippen molar-refractivity contribution in [1.82, 2.24) is 25.1 Å². The molecule has 0 radical (unpaired) electrons. The van der Waals surface area contributed by atoms with Crippen LogP contribution in [0.25, 0.3) is 11.4 Å². The molecule has 5 nitrogen and oxygen atoms in total. The summed E-state index contributed by atoms with van der Waals surface area (Å²) in [6, 6.07) is 4.39. The van der Waals surface area contributed by atoms with Crippen molar-refractivity contribution < 1.29 is 0 Å². The lowest BCUT2D eigenvalue weighted by molar-refractivity contribution is 0.550. The number of hydrogen-bond donors (Lipinski definition) is 1. The van der Waals surface area contributed by atoms with E-state index in [4.69, 9.17) is 0 Å². The number of nitrogens with zero attached hydrogens (tertiary/aromatic N) is 4. The van der Waals surface area contributed by atoms with Gasteiger partial charge in [-0.2, -0.15) is 0 Å². The molecule has 0 aromatic carbocycles. The van der Waals surface area contributed by atoms with E-state index in [1.54, 1.807) is 12.4 Å². The normalized spacial score (nSPS) is 20.1. The third-order valence-corrected chi connectivity index (χ3v) is 2.94. The third-order valence-electron chi connectivity index (χ3n) is 2.94. The fourth-order valence-corrected chi connectivity index (χ4v) is 2.09. The highest BCUT2D eigenvalue weighted by atomic mass is 15.3. The predicted molar refractivity (Wildman–Crippen MR) is 59.8 cm³/mol. The van der Waals surface area contributed by atoms with E-state index < -0.39 is 0 Å². The van der Waals surface area contributed by atoms with Gasteiger partial charge in [0.1, 0.15) is 6.33 Å². The van der Waals surface area contributed by atoms with Gasteiger partial charge in [-0.15, -0.1) is 10.2 Å². The summed E-state index contributed by atoms with van der Waals surface area (Å²) >= 11 is 0. The molecule has 82 valence electrons. The summed E-state index contributed by atoms with van der Waals surface area (Å²) in [6.07, 6.45) is 6.51. The number of hydrogen-bond acceptors (Lipinski definition) is 4. The summed E-state index contributed by atoms with van der Waals surface area (Å²) in [7, 11) is 0. The Morgan fingerprint density at radius 1 is 1.31 bits per heavy atom. The minimum Gasteiger partial charge on any atom is -0.315 e. The summed E-state index contributed by atoms with van der Waals surface area (Å²) in [5.74, 6) is 0.927. The van der Waals surface area contributed by atoms with Crippen molar-refractivity contribution in [2.45, 2.75) is 12.5 Å². The Labute approximate surface area is 93.5 Å². The van der Waals surface area contributed by atoms with Crippen LogP contribution in [-0.2, 0) is 0 Å². The molecule has 1 fully saturated rings. The molecule has 1 N–H and O–H groups in total. The van der Waals surface area contributed by atoms with Crippen molar-refractivity contribution in [2.75, 3.05) is 13.1 Å². The van der Waals surface area contributed by atoms with Gasteiger partial charge in [0.25, 0.3) is 0 Å². The molecule has 5 heteroatoms. The van der Waals surface area contributed by atoms with Crippen LogP contribution in [0.5, 0.6) is 0 Å². The standard InChI is InChI=1S/C11H13N5/c1-4-12-5-2-9(1)11-15-14-8-16(11)10-3-6-13-7-10/h1-2,4-5,8,10,13H,3,6-7H2. The molecule has 0 spiro atoms. The summed E-state index contributed by atoms with van der Waals surface area (Å²) in [6.45, 7) is 2.06. The van der Waals surface area contributed by atoms with Crippen LogP contribution in [0.1, 0.15) is 12.5 Å². The smallest absolute Gasteiger partial charge is 0.164 e. The molecule has 1 aliphatic heterocycles. The summed E-state index contributed by atoms with van der Waals surface area (Å²) < 4.78 is 2.15. The van der Waals surface area contributed by atoms with Gasteiger partial charge in [-0.3, -0.25) is 4.98 Å². The molecule has 1 aliphatic rings. The molecule has 0 saturated carbocycles. The number of nitrogens with one attached hydrogen (secondary N) is 1. The molecule has 1 unspecified atom stereocenters. The van der Waals surface area contributed by atoms with E-state index in [1.165, 1.54) is 0 Å². The molecule has 3 rings (SSSR count). The van der Waals surface area contributed by atoms with Crippen molar-refractivity contribution >= 4 is 0 Å². The van der Waals surface area contributed by atoms with Gasteiger partial charge < -0.3 is 9.88 Å². The Morgan fingerprint density at radius 2 is 2.19 bits per heavy atom. The maximum Gasteiger partial charge on any atom is 0.164 e. The van der Waals surface area contributed by atoms with Gasteiger partial charge in [0.05, 0.1) is 6.04 Å². The first-order valence-corrected chi connectivity index (χ1v) is 5.46. The van der Waals surface area contributed by atoms with Crippen LogP contribution in [0.4, 0.5) is 0 Å². The third kappa shape index (κ3) is 1.59. The Hall–Kier alpha value is -1.75. The molecule has 16 heavy (non-hydrogen) atoms. The molecule has 1 saturated heterocycles. The van der Waals surface area contributed by atoms with Crippen molar-refractivity contribution in [1.29, 1.82) is 0 Å². The minimum absolute atomic E-state index is 0.471. The first-order valence-electron chi connectivity index (χ1n) is 5.46. The zero-order chi connectivity index (χ0) is 10.8. The highest BCUT2D eigenvalue weighted by Crippen LogP contribution is 2.22. The Bertz CT molecular complexity index is 458. The largest absolute Gasteiger partial charge is 0.315 e. The van der Waals surface area contributed by atoms with Gasteiger partial charge in [-0.1, -0.05) is 0 Å². The first-order chi connectivity index (χ1) is 7.95. The zero-order valence-corrected chi connectivity index (χ0v) is 8.87. The van der Waals surface area contributed by atoms with E-state index in [2.05, 4.69) is 25.1 Å². The zero-order valence-electron chi connectivity index (χ0n) is 8.87. The quantitative estimate of drug-likeness (QED) is 0.807. The molecule has 0 amide bonds. The lowest BCUT2D eigenvalue weighted by Gasteiger charge is -2.12. The second-order valence-corrected chi connectivity index (χ2v) is 3.94. The van der Waals surface area contributed by atoms with E-state index in [9.17, 15) is 0 Å². The number of aromatic nitrogens is 4. The molecular weight excluding hydrogens is 202 g/mol. The van der Waals surface area contributed by atoms with Crippen LogP contribution >= 0.6 is 0 Å². The predicted octanol–water partition coefficient (Wildman–Crippen LogP) is 0.874. The molecule has 0 aliphatic carbocycles. The summed E-state index contributed by atoms with van der Waals surface area (Å²) in [5.41, 5.74) is 1.07. The summed E-state index contributed by atoms with van der Waals surface area (Å²) in [4.78, 5) is 4.01. The van der Waals surface area contributed by atoms with Crippen LogP contribution < -0.4 is 5.32 Å². The van der Waals surface area contributed by atoms with E-state index in [0.717, 1.165) is 30.9 Å². The van der Waals surface area contributed by atoms with Gasteiger partial charge in [0.15, 0.2) is 5.82 Å². The van der Waals surface area contributed by atoms with Crippen LogP contribution in [0, 0.1) is 0 Å². The van der Waals surface area contributed by atoms with Gasteiger partial charge in [0, 0.05) is 24.5 Å². The molecule has 3 heterocycles. The van der Waals surface area contributed by atoms with Gasteiger partial charge >= 0.3 is 0 Å². The van der Waals surface area contributed by atoms with Crippen molar-refractivity contribution in [3.05, 3.63) is 30.9 Å². The molecular formula is C11H13N5. The number of rotatable bonds is 2. The monoisotopic (exact) mass is 215 g/mol. The Balaban J connectivity index is 1.99. The summed E-state index contributed by atoms with van der Waals surface area (Å²) in [5, 5.41) is 11.5. The van der Waals surface area contributed by atoms with Crippen molar-refractivity contribution in [3.8, 4) is 11.4 Å². The first kappa shape index (κ1) is 9.47. The Kier molecular flexibility index (Phi) is 2.38. The average Bonchev–Trinajstić information content (AvgIpc) is 3.01. The fraction of sp³-hybridized carbons (Fsp3) is 0.364. The average molecular weight is 215 g/mol. The molecule has 1 atom stereocenters. The van der Waals surface area contributed by atoms with Crippen molar-refractivity contribution in [2.24, 2.45) is 0 Å². The van der Waals surface area contributed by atoms with Gasteiger partial charge in [-0.05, 0) is 25.1 Å². The van der Waals surface area contributed by atoms with Crippen molar-refractivity contribution in [3.63, 3.8) is 0 Å². The van der Waals surface area contributed by atoms with E-state index in [-0.39, 0.29) is 0 Å². The van der Waals surface area contributed by atoms with E-state index in [1.807, 2.05) is 18.5 Å². The maximum absolute atomic E-state index is 4.19. The highest BCUT2D eigenvalue weighted by molar-refractivity contribution is 5.53. The van der Waals surface area contributed by atoms with Gasteiger partial charge in [-0.25, -0.2) is 0 Å². The molecule has 2 aromatic heterocycles. The second-order valence-electron chi connectivity index (χ2n) is 3.94. The lowest BCUT2D eigenvalue weighted by atomic mass is 10.2. The highest BCUT2D eigenvalue weighted by Gasteiger charge is 2.19.